The van der Waals surface area contributed by atoms with Gasteiger partial charge >= 0.3 is 0 Å². The van der Waals surface area contributed by atoms with Crippen molar-refractivity contribution in [3.63, 3.8) is 0 Å². The third kappa shape index (κ3) is 0.998. The number of carbonyl (C=O) groups is 1. The lowest BCUT2D eigenvalue weighted by atomic mass is 9.43. The number of nitrogens with two attached hydrogens (primary N) is 1. The summed E-state index contributed by atoms with van der Waals surface area (Å²) in [7, 11) is 0. The number of hydrogen-bond donors (Lipinski definition) is 1. The van der Waals surface area contributed by atoms with Crippen molar-refractivity contribution in [2.75, 3.05) is 0 Å². The molecule has 5 heteroatoms. The SMILES string of the molecule is CC1(C)[C@]2(C(Br)Br)CC[C@@]1(C(N)=O)[C@H]2Br. The van der Waals surface area contributed by atoms with Crippen LogP contribution in [0.1, 0.15) is 26.7 Å². The fraction of sp³-hybridized carbons (Fsp3) is 0.900. The highest BCUT2D eigenvalue weighted by Gasteiger charge is 2.82. The standard InChI is InChI=1S/C10H14Br3NO/c1-8(2)9(6(12)13)3-4-10(8,5(9)11)7(14)15/h5-6H,3-4H2,1-2H3,(H2,14,15)/t5-,9+,10-/m0/s1. The van der Waals surface area contributed by atoms with Gasteiger partial charge in [0.05, 0.1) is 9.15 Å². The molecular weight excluding hydrogens is 390 g/mol. The predicted octanol–water partition coefficient (Wildman–Crippen LogP) is 3.16. The number of primary amides is 1. The zero-order chi connectivity index (χ0) is 11.6. The van der Waals surface area contributed by atoms with E-state index in [-0.39, 0.29) is 30.7 Å². The van der Waals surface area contributed by atoms with Crippen molar-refractivity contribution in [1.29, 1.82) is 0 Å². The number of alkyl halides is 3. The normalized spacial score (nSPS) is 46.7. The minimum Gasteiger partial charge on any atom is -0.369 e. The second-order valence-corrected chi connectivity index (χ2v) is 9.14. The molecule has 0 aliphatic heterocycles. The van der Waals surface area contributed by atoms with Crippen LogP contribution < -0.4 is 5.73 Å². The summed E-state index contributed by atoms with van der Waals surface area (Å²) in [5, 5.41) is 0. The molecule has 0 radical (unpaired) electrons. The Hall–Kier alpha value is 0.910. The summed E-state index contributed by atoms with van der Waals surface area (Å²) in [6.07, 6.45) is 1.92. The first-order valence-electron chi connectivity index (χ1n) is 4.97. The Kier molecular flexibility index (Phi) is 2.66. The van der Waals surface area contributed by atoms with Gasteiger partial charge in [0.15, 0.2) is 0 Å². The molecule has 3 atom stereocenters. The lowest BCUT2D eigenvalue weighted by molar-refractivity contribution is -0.158. The average Bonchev–Trinajstić information content (AvgIpc) is 2.53. The van der Waals surface area contributed by atoms with Gasteiger partial charge in [-0.05, 0) is 18.3 Å². The maximum absolute atomic E-state index is 11.7. The van der Waals surface area contributed by atoms with E-state index in [2.05, 4.69) is 61.6 Å². The summed E-state index contributed by atoms with van der Waals surface area (Å²) < 4.78 is 0.215. The molecule has 0 heterocycles. The van der Waals surface area contributed by atoms with Gasteiger partial charge in [0.1, 0.15) is 0 Å². The Bertz CT molecular complexity index is 331. The van der Waals surface area contributed by atoms with Crippen LogP contribution in [-0.4, -0.2) is 14.5 Å². The molecule has 0 aromatic heterocycles. The Balaban J connectivity index is 2.50. The van der Waals surface area contributed by atoms with Crippen molar-refractivity contribution in [3.05, 3.63) is 0 Å². The monoisotopic (exact) mass is 401 g/mol. The topological polar surface area (TPSA) is 43.1 Å². The molecule has 0 aromatic rings. The van der Waals surface area contributed by atoms with E-state index >= 15 is 0 Å². The largest absolute Gasteiger partial charge is 0.369 e. The van der Waals surface area contributed by atoms with Crippen molar-refractivity contribution in [2.45, 2.75) is 35.3 Å². The first kappa shape index (κ1) is 12.4. The highest BCUT2D eigenvalue weighted by molar-refractivity contribution is 9.24. The third-order valence-corrected chi connectivity index (χ3v) is 8.16. The van der Waals surface area contributed by atoms with Crippen molar-refractivity contribution >= 4 is 53.7 Å². The van der Waals surface area contributed by atoms with Crippen LogP contribution in [0.3, 0.4) is 0 Å². The van der Waals surface area contributed by atoms with Gasteiger partial charge in [0.2, 0.25) is 5.91 Å². The van der Waals surface area contributed by atoms with Crippen molar-refractivity contribution in [1.82, 2.24) is 0 Å². The summed E-state index contributed by atoms with van der Waals surface area (Å²) in [5.41, 5.74) is 5.25. The van der Waals surface area contributed by atoms with Gasteiger partial charge in [0, 0.05) is 10.2 Å². The van der Waals surface area contributed by atoms with Crippen molar-refractivity contribution in [2.24, 2.45) is 22.0 Å². The molecule has 0 unspecified atom stereocenters. The summed E-state index contributed by atoms with van der Waals surface area (Å²) >= 11 is 10.9. The third-order valence-electron chi connectivity index (χ3n) is 4.93. The van der Waals surface area contributed by atoms with Crippen LogP contribution in [0.2, 0.25) is 0 Å². The van der Waals surface area contributed by atoms with Crippen LogP contribution in [0.15, 0.2) is 0 Å². The second kappa shape index (κ2) is 3.22. The van der Waals surface area contributed by atoms with Crippen LogP contribution in [0.5, 0.6) is 0 Å². The molecule has 0 spiro atoms. The van der Waals surface area contributed by atoms with Gasteiger partial charge in [-0.1, -0.05) is 61.6 Å². The van der Waals surface area contributed by atoms with Gasteiger partial charge in [-0.2, -0.15) is 0 Å². The number of rotatable bonds is 2. The minimum absolute atomic E-state index is 0.0579. The van der Waals surface area contributed by atoms with E-state index in [0.717, 1.165) is 12.8 Å². The first-order valence-corrected chi connectivity index (χ1v) is 7.72. The Morgan fingerprint density at radius 2 is 1.93 bits per heavy atom. The van der Waals surface area contributed by atoms with E-state index in [0.29, 0.717) is 0 Å². The Labute approximate surface area is 115 Å². The molecule has 2 bridgehead atoms. The molecule has 1 amide bonds. The summed E-state index contributed by atoms with van der Waals surface area (Å²) in [6.45, 7) is 4.30. The maximum atomic E-state index is 11.7. The van der Waals surface area contributed by atoms with Crippen molar-refractivity contribution < 1.29 is 4.79 Å². The maximum Gasteiger partial charge on any atom is 0.225 e. The molecule has 3 aliphatic rings. The van der Waals surface area contributed by atoms with Crippen LogP contribution in [0.25, 0.3) is 0 Å². The Morgan fingerprint density at radius 1 is 1.40 bits per heavy atom. The van der Waals surface area contributed by atoms with Gasteiger partial charge in [-0.25, -0.2) is 0 Å². The minimum atomic E-state index is -0.368. The fourth-order valence-electron chi connectivity index (χ4n) is 3.74. The van der Waals surface area contributed by atoms with Crippen LogP contribution in [-0.2, 0) is 4.79 Å². The van der Waals surface area contributed by atoms with Gasteiger partial charge in [-0.15, -0.1) is 0 Å². The summed E-state index contributed by atoms with van der Waals surface area (Å²) in [5.74, 6) is -0.164. The van der Waals surface area contributed by atoms with Gasteiger partial charge < -0.3 is 5.73 Å². The molecule has 2 N–H and O–H groups in total. The van der Waals surface area contributed by atoms with E-state index in [1.54, 1.807) is 0 Å². The smallest absolute Gasteiger partial charge is 0.225 e. The molecule has 3 rings (SSSR count). The summed E-state index contributed by atoms with van der Waals surface area (Å²) in [6, 6.07) is 0. The molecule has 0 saturated heterocycles. The zero-order valence-electron chi connectivity index (χ0n) is 8.69. The molecule has 3 fully saturated rings. The van der Waals surface area contributed by atoms with E-state index < -0.39 is 0 Å². The Morgan fingerprint density at radius 3 is 2.13 bits per heavy atom. The van der Waals surface area contributed by atoms with E-state index in [1.165, 1.54) is 0 Å². The first-order chi connectivity index (χ1) is 6.75. The van der Waals surface area contributed by atoms with Crippen LogP contribution in [0.4, 0.5) is 0 Å². The van der Waals surface area contributed by atoms with E-state index in [9.17, 15) is 4.79 Å². The highest BCUT2D eigenvalue weighted by atomic mass is 79.9. The number of hydrogen-bond acceptors (Lipinski definition) is 1. The molecule has 15 heavy (non-hydrogen) atoms. The average molecular weight is 404 g/mol. The zero-order valence-corrected chi connectivity index (χ0v) is 13.4. The predicted molar refractivity (Wildman–Crippen MR) is 71.4 cm³/mol. The lowest BCUT2D eigenvalue weighted by Gasteiger charge is -2.65. The molecule has 0 aromatic carbocycles. The number of fused-ring (bicyclic) bond motifs is 1. The molecule has 86 valence electrons. The summed E-state index contributed by atoms with van der Waals surface area (Å²) in [4.78, 5) is 11.9. The van der Waals surface area contributed by atoms with E-state index in [4.69, 9.17) is 5.73 Å². The fourth-order valence-corrected chi connectivity index (χ4v) is 8.67. The highest BCUT2D eigenvalue weighted by Crippen LogP contribution is 2.82. The molecular formula is C10H14Br3NO. The van der Waals surface area contributed by atoms with Gasteiger partial charge in [-0.3, -0.25) is 4.79 Å². The second-order valence-electron chi connectivity index (χ2n) is 5.16. The van der Waals surface area contributed by atoms with Crippen LogP contribution >= 0.6 is 47.8 Å². The number of amides is 1. The van der Waals surface area contributed by atoms with Crippen molar-refractivity contribution in [3.8, 4) is 0 Å². The number of halogens is 3. The molecule has 3 aliphatic carbocycles. The quantitative estimate of drug-likeness (QED) is 0.707. The molecule has 2 nitrogen and oxygen atoms in total. The van der Waals surface area contributed by atoms with Gasteiger partial charge in [0.25, 0.3) is 0 Å². The number of carbonyl (C=O) groups excluding carboxylic acids is 1. The van der Waals surface area contributed by atoms with E-state index in [1.807, 2.05) is 0 Å². The van der Waals surface area contributed by atoms with Crippen LogP contribution in [0, 0.1) is 16.2 Å². The molecule has 3 saturated carbocycles. The lowest BCUT2D eigenvalue weighted by Crippen LogP contribution is -2.71.